The maximum absolute atomic E-state index is 10.3. The number of allylic oxidation sites excluding steroid dienone is 4. The molecule has 0 amide bonds. The van der Waals surface area contributed by atoms with Crippen LogP contribution < -0.4 is 0 Å². The fourth-order valence-corrected chi connectivity index (χ4v) is 1.87. The summed E-state index contributed by atoms with van der Waals surface area (Å²) in [6.45, 7) is 1.89. The molecular formula is C12H14O. The average Bonchev–Trinajstić information content (AvgIpc) is 2.78. The van der Waals surface area contributed by atoms with Crippen LogP contribution in [0.4, 0.5) is 0 Å². The van der Waals surface area contributed by atoms with Gasteiger partial charge in [0, 0.05) is 11.8 Å². The molecule has 13 heavy (non-hydrogen) atoms. The Kier molecular flexibility index (Phi) is 1.97. The van der Waals surface area contributed by atoms with Gasteiger partial charge in [-0.3, -0.25) is 0 Å². The molecule has 0 aromatic carbocycles. The van der Waals surface area contributed by atoms with Crippen molar-refractivity contribution in [2.75, 3.05) is 0 Å². The van der Waals surface area contributed by atoms with Crippen molar-refractivity contribution in [2.24, 2.45) is 11.8 Å². The molecule has 0 aromatic rings. The molecule has 0 radical (unpaired) electrons. The van der Waals surface area contributed by atoms with E-state index in [1.54, 1.807) is 0 Å². The van der Waals surface area contributed by atoms with Crippen LogP contribution in [0.25, 0.3) is 0 Å². The molecule has 1 heteroatoms. The topological polar surface area (TPSA) is 20.2 Å². The number of aliphatic hydroxyl groups is 1. The Morgan fingerprint density at radius 1 is 0.846 bits per heavy atom. The first kappa shape index (κ1) is 8.52. The van der Waals surface area contributed by atoms with Crippen molar-refractivity contribution in [3.63, 3.8) is 0 Å². The summed E-state index contributed by atoms with van der Waals surface area (Å²) in [5.41, 5.74) is -0.687. The highest BCUT2D eigenvalue weighted by atomic mass is 16.3. The molecule has 0 spiro atoms. The van der Waals surface area contributed by atoms with Crippen LogP contribution in [0.5, 0.6) is 0 Å². The number of hydrogen-bond donors (Lipinski definition) is 1. The third-order valence-corrected chi connectivity index (χ3v) is 2.85. The summed E-state index contributed by atoms with van der Waals surface area (Å²) >= 11 is 0. The highest BCUT2D eigenvalue weighted by Gasteiger charge is 2.35. The Balaban J connectivity index is 2.19. The van der Waals surface area contributed by atoms with Crippen LogP contribution in [0.1, 0.15) is 6.92 Å². The second kappa shape index (κ2) is 3.00. The first-order valence-electron chi connectivity index (χ1n) is 4.63. The fraction of sp³-hybridized carbons (Fsp3) is 0.333. The first-order valence-corrected chi connectivity index (χ1v) is 4.63. The van der Waals surface area contributed by atoms with Gasteiger partial charge in [-0.25, -0.2) is 0 Å². The maximum Gasteiger partial charge on any atom is 0.0813 e. The van der Waals surface area contributed by atoms with Crippen molar-refractivity contribution in [3.05, 3.63) is 48.6 Å². The summed E-state index contributed by atoms with van der Waals surface area (Å²) in [6, 6.07) is 0. The molecule has 2 aliphatic rings. The maximum atomic E-state index is 10.3. The molecule has 0 saturated carbocycles. The van der Waals surface area contributed by atoms with Gasteiger partial charge in [-0.1, -0.05) is 48.6 Å². The molecule has 0 fully saturated rings. The Morgan fingerprint density at radius 2 is 1.15 bits per heavy atom. The van der Waals surface area contributed by atoms with E-state index in [0.29, 0.717) is 0 Å². The predicted molar refractivity (Wildman–Crippen MR) is 54.2 cm³/mol. The van der Waals surface area contributed by atoms with E-state index in [0.717, 1.165) is 0 Å². The molecule has 1 nitrogen and oxygen atoms in total. The second-order valence-corrected chi connectivity index (χ2v) is 3.82. The van der Waals surface area contributed by atoms with E-state index in [1.807, 2.05) is 55.5 Å². The third kappa shape index (κ3) is 1.40. The highest BCUT2D eigenvalue weighted by molar-refractivity contribution is 5.28. The van der Waals surface area contributed by atoms with E-state index in [9.17, 15) is 5.11 Å². The van der Waals surface area contributed by atoms with Gasteiger partial charge < -0.3 is 5.11 Å². The van der Waals surface area contributed by atoms with Crippen molar-refractivity contribution in [3.8, 4) is 0 Å². The second-order valence-electron chi connectivity index (χ2n) is 3.82. The zero-order chi connectivity index (χ0) is 9.31. The van der Waals surface area contributed by atoms with Crippen LogP contribution in [-0.4, -0.2) is 10.7 Å². The Labute approximate surface area is 78.8 Å². The molecule has 0 saturated heterocycles. The zero-order valence-electron chi connectivity index (χ0n) is 7.72. The molecule has 0 unspecified atom stereocenters. The van der Waals surface area contributed by atoms with Gasteiger partial charge in [-0.15, -0.1) is 0 Å². The summed E-state index contributed by atoms with van der Waals surface area (Å²) in [4.78, 5) is 0. The predicted octanol–water partition coefficient (Wildman–Crippen LogP) is 2.22. The Morgan fingerprint density at radius 3 is 1.46 bits per heavy atom. The van der Waals surface area contributed by atoms with Gasteiger partial charge >= 0.3 is 0 Å². The highest BCUT2D eigenvalue weighted by Crippen LogP contribution is 2.33. The molecule has 2 aliphatic carbocycles. The Hall–Kier alpha value is -1.08. The lowest BCUT2D eigenvalue weighted by atomic mass is 9.80. The molecule has 0 aromatic heterocycles. The van der Waals surface area contributed by atoms with Crippen LogP contribution in [0.15, 0.2) is 48.6 Å². The van der Waals surface area contributed by atoms with E-state index < -0.39 is 5.60 Å². The zero-order valence-corrected chi connectivity index (χ0v) is 7.72. The smallest absolute Gasteiger partial charge is 0.0813 e. The molecule has 0 heterocycles. The van der Waals surface area contributed by atoms with Crippen LogP contribution >= 0.6 is 0 Å². The number of rotatable bonds is 2. The Bertz CT molecular complexity index is 251. The van der Waals surface area contributed by atoms with Gasteiger partial charge in [0.05, 0.1) is 5.60 Å². The van der Waals surface area contributed by atoms with Crippen LogP contribution in [-0.2, 0) is 0 Å². The van der Waals surface area contributed by atoms with Crippen LogP contribution in [0.3, 0.4) is 0 Å². The lowest BCUT2D eigenvalue weighted by molar-refractivity contribution is 0.0113. The molecule has 2 rings (SSSR count). The molecular weight excluding hydrogens is 160 g/mol. The van der Waals surface area contributed by atoms with Crippen molar-refractivity contribution in [2.45, 2.75) is 12.5 Å². The van der Waals surface area contributed by atoms with E-state index in [4.69, 9.17) is 0 Å². The SMILES string of the molecule is CC(O)(C1C=CC=C1)C1C=CC=C1. The molecule has 0 aliphatic heterocycles. The first-order chi connectivity index (χ1) is 6.21. The summed E-state index contributed by atoms with van der Waals surface area (Å²) in [6.07, 6.45) is 16.1. The van der Waals surface area contributed by atoms with E-state index in [2.05, 4.69) is 0 Å². The fourth-order valence-electron chi connectivity index (χ4n) is 1.87. The van der Waals surface area contributed by atoms with Crippen LogP contribution in [0, 0.1) is 11.8 Å². The van der Waals surface area contributed by atoms with Crippen molar-refractivity contribution in [1.82, 2.24) is 0 Å². The molecule has 1 N–H and O–H groups in total. The van der Waals surface area contributed by atoms with Gasteiger partial charge in [-0.2, -0.15) is 0 Å². The normalized spacial score (nSPS) is 22.3. The van der Waals surface area contributed by atoms with Crippen molar-refractivity contribution in [1.29, 1.82) is 0 Å². The molecule has 68 valence electrons. The molecule has 0 bridgehead atoms. The minimum absolute atomic E-state index is 0.143. The third-order valence-electron chi connectivity index (χ3n) is 2.85. The van der Waals surface area contributed by atoms with E-state index in [1.165, 1.54) is 0 Å². The average molecular weight is 174 g/mol. The van der Waals surface area contributed by atoms with Gasteiger partial charge in [0.25, 0.3) is 0 Å². The van der Waals surface area contributed by atoms with Crippen molar-refractivity contribution < 1.29 is 5.11 Å². The standard InChI is InChI=1S/C12H14O/c1-12(13,10-6-2-3-7-10)11-8-4-5-9-11/h2-11,13H,1H3. The lowest BCUT2D eigenvalue weighted by Crippen LogP contribution is -2.38. The van der Waals surface area contributed by atoms with E-state index >= 15 is 0 Å². The summed E-state index contributed by atoms with van der Waals surface area (Å²) < 4.78 is 0. The van der Waals surface area contributed by atoms with Gasteiger partial charge in [-0.05, 0) is 6.92 Å². The molecule has 0 atom stereocenters. The largest absolute Gasteiger partial charge is 0.388 e. The summed E-state index contributed by atoms with van der Waals surface area (Å²) in [5, 5.41) is 10.3. The summed E-state index contributed by atoms with van der Waals surface area (Å²) in [7, 11) is 0. The quantitative estimate of drug-likeness (QED) is 0.680. The van der Waals surface area contributed by atoms with E-state index in [-0.39, 0.29) is 11.8 Å². The lowest BCUT2D eigenvalue weighted by Gasteiger charge is -2.32. The minimum atomic E-state index is -0.687. The van der Waals surface area contributed by atoms with Gasteiger partial charge in [0.2, 0.25) is 0 Å². The van der Waals surface area contributed by atoms with Gasteiger partial charge in [0.15, 0.2) is 0 Å². The monoisotopic (exact) mass is 174 g/mol. The van der Waals surface area contributed by atoms with Crippen molar-refractivity contribution >= 4 is 0 Å². The van der Waals surface area contributed by atoms with Crippen LogP contribution in [0.2, 0.25) is 0 Å². The summed E-state index contributed by atoms with van der Waals surface area (Å²) in [5.74, 6) is 0.287. The van der Waals surface area contributed by atoms with Gasteiger partial charge in [0.1, 0.15) is 0 Å². The number of hydrogen-bond acceptors (Lipinski definition) is 1. The minimum Gasteiger partial charge on any atom is -0.388 e.